The number of carbonyl (C=O) groups excluding carboxylic acids is 1. The van der Waals surface area contributed by atoms with Crippen LogP contribution in [-0.4, -0.2) is 5.91 Å². The first kappa shape index (κ1) is 24.5. The molecule has 1 amide bonds. The number of fused-ring (bicyclic) bond motifs is 2. The number of amides is 1. The van der Waals surface area contributed by atoms with Crippen LogP contribution in [0.2, 0.25) is 0 Å². The molecule has 0 fully saturated rings. The lowest BCUT2D eigenvalue weighted by atomic mass is 10.1. The molecule has 6 rings (SSSR count). The lowest BCUT2D eigenvalue weighted by molar-refractivity contribution is -0.113. The van der Waals surface area contributed by atoms with E-state index in [1.807, 2.05) is 84.9 Å². The Hall–Kier alpha value is -5.15. The molecule has 6 aromatic rings. The summed E-state index contributed by atoms with van der Waals surface area (Å²) in [4.78, 5) is 13.9. The maximum atomic E-state index is 12.3. The van der Waals surface area contributed by atoms with Crippen molar-refractivity contribution in [2.24, 2.45) is 0 Å². The molecular weight excluding hydrogens is 464 g/mol. The van der Waals surface area contributed by atoms with E-state index in [1.54, 1.807) is 4.90 Å². The lowest BCUT2D eigenvalue weighted by Gasteiger charge is -2.22. The first-order valence-electron chi connectivity index (χ1n) is 12.5. The van der Waals surface area contributed by atoms with Crippen molar-refractivity contribution in [3.05, 3.63) is 158 Å². The van der Waals surface area contributed by atoms with Crippen molar-refractivity contribution in [1.82, 2.24) is 0 Å². The molecule has 0 atom stereocenters. The third kappa shape index (κ3) is 5.80. The van der Waals surface area contributed by atoms with Crippen molar-refractivity contribution < 1.29 is 4.79 Å². The smallest absolute Gasteiger partial charge is 0.254 e. The van der Waals surface area contributed by atoms with Crippen LogP contribution < -0.4 is 10.2 Å². The normalized spacial score (nSPS) is 10.3. The molecule has 0 aliphatic heterocycles. The van der Waals surface area contributed by atoms with E-state index in [2.05, 4.69) is 72.6 Å². The van der Waals surface area contributed by atoms with Crippen LogP contribution in [0, 0.1) is 0 Å². The van der Waals surface area contributed by atoms with Gasteiger partial charge in [0.15, 0.2) is 0 Å². The topological polar surface area (TPSA) is 32.3 Å². The third-order valence-corrected chi connectivity index (χ3v) is 6.21. The van der Waals surface area contributed by atoms with Gasteiger partial charge in [0.25, 0.3) is 5.91 Å². The van der Waals surface area contributed by atoms with Crippen molar-refractivity contribution in [2.75, 3.05) is 10.2 Å². The molecule has 0 aliphatic carbocycles. The minimum atomic E-state index is -0.142. The summed E-state index contributed by atoms with van der Waals surface area (Å²) in [5, 5.41) is 8.18. The summed E-state index contributed by atoms with van der Waals surface area (Å²) in [6.07, 6.45) is 1.34. The highest BCUT2D eigenvalue weighted by molar-refractivity contribution is 6.07. The molecule has 0 radical (unpaired) electrons. The van der Waals surface area contributed by atoms with Crippen molar-refractivity contribution in [2.45, 2.75) is 0 Å². The van der Waals surface area contributed by atoms with E-state index in [4.69, 9.17) is 0 Å². The second-order valence-electron chi connectivity index (χ2n) is 8.80. The van der Waals surface area contributed by atoms with Crippen molar-refractivity contribution in [3.63, 3.8) is 0 Å². The molecule has 0 saturated heterocycles. The van der Waals surface area contributed by atoms with E-state index in [-0.39, 0.29) is 5.91 Å². The van der Waals surface area contributed by atoms with E-state index in [1.165, 1.54) is 16.8 Å². The van der Waals surface area contributed by atoms with Gasteiger partial charge in [-0.3, -0.25) is 9.69 Å². The Balaban J connectivity index is 0.000000158. The zero-order valence-electron chi connectivity index (χ0n) is 21.0. The van der Waals surface area contributed by atoms with Gasteiger partial charge in [-0.1, -0.05) is 104 Å². The molecule has 0 spiro atoms. The summed E-state index contributed by atoms with van der Waals surface area (Å²) in [7, 11) is 0. The van der Waals surface area contributed by atoms with Gasteiger partial charge in [-0.2, -0.15) is 0 Å². The zero-order valence-corrected chi connectivity index (χ0v) is 21.0. The van der Waals surface area contributed by atoms with Crippen LogP contribution in [-0.2, 0) is 4.79 Å². The molecule has 6 aromatic carbocycles. The highest BCUT2D eigenvalue weighted by Gasteiger charge is 2.15. The molecule has 0 heterocycles. The molecule has 38 heavy (non-hydrogen) atoms. The van der Waals surface area contributed by atoms with Crippen molar-refractivity contribution >= 4 is 50.2 Å². The first-order chi connectivity index (χ1) is 18.7. The van der Waals surface area contributed by atoms with E-state index in [0.29, 0.717) is 0 Å². The fourth-order valence-corrected chi connectivity index (χ4v) is 4.34. The molecule has 0 bridgehead atoms. The Bertz CT molecular complexity index is 1680. The molecule has 3 nitrogen and oxygen atoms in total. The van der Waals surface area contributed by atoms with E-state index >= 15 is 0 Å². The predicted octanol–water partition coefficient (Wildman–Crippen LogP) is 9.27. The summed E-state index contributed by atoms with van der Waals surface area (Å²) in [5.41, 5.74) is 3.90. The van der Waals surface area contributed by atoms with Crippen LogP contribution in [0.15, 0.2) is 158 Å². The number of nitrogens with zero attached hydrogens (tertiary/aromatic N) is 1. The average molecular weight is 493 g/mol. The maximum absolute atomic E-state index is 12.3. The van der Waals surface area contributed by atoms with E-state index in [0.717, 1.165) is 33.5 Å². The van der Waals surface area contributed by atoms with Gasteiger partial charge in [0.1, 0.15) is 0 Å². The summed E-state index contributed by atoms with van der Waals surface area (Å²) >= 11 is 0. The van der Waals surface area contributed by atoms with Gasteiger partial charge in [-0.15, -0.1) is 0 Å². The van der Waals surface area contributed by atoms with Crippen LogP contribution in [0.4, 0.5) is 22.7 Å². The number of anilines is 4. The molecule has 1 N–H and O–H groups in total. The Morgan fingerprint density at radius 1 is 0.526 bits per heavy atom. The summed E-state index contributed by atoms with van der Waals surface area (Å²) in [6.45, 7) is 3.60. The lowest BCUT2D eigenvalue weighted by Crippen LogP contribution is -2.23. The van der Waals surface area contributed by atoms with E-state index < -0.39 is 0 Å². The summed E-state index contributed by atoms with van der Waals surface area (Å²) in [5.74, 6) is -0.142. The zero-order chi connectivity index (χ0) is 26.2. The van der Waals surface area contributed by atoms with Gasteiger partial charge in [-0.05, 0) is 76.2 Å². The number of benzene rings is 6. The number of carbonyl (C=O) groups is 1. The molecule has 0 aliphatic rings. The quantitative estimate of drug-likeness (QED) is 0.243. The third-order valence-electron chi connectivity index (χ3n) is 6.21. The van der Waals surface area contributed by atoms with Gasteiger partial charge in [0.2, 0.25) is 0 Å². The van der Waals surface area contributed by atoms with E-state index in [9.17, 15) is 4.79 Å². The molecule has 0 unspecified atom stereocenters. The highest BCUT2D eigenvalue weighted by Crippen LogP contribution is 2.29. The standard InChI is InChI=1S/C19H15NO.C16H13N/c1-2-19(21)20(17-10-4-3-5-11-17)18-13-12-15-8-6-7-9-16(15)14-18;1-2-8-15(9-3-1)17-16-11-10-13-6-4-5-7-14(13)12-16/h2-14H,1H2;1-12,17H. The first-order valence-corrected chi connectivity index (χ1v) is 12.5. The van der Waals surface area contributed by atoms with Crippen molar-refractivity contribution in [3.8, 4) is 0 Å². The minimum absolute atomic E-state index is 0.142. The Labute approximate surface area is 223 Å². The maximum Gasteiger partial charge on any atom is 0.254 e. The van der Waals surface area contributed by atoms with Gasteiger partial charge >= 0.3 is 0 Å². The molecule has 184 valence electrons. The Morgan fingerprint density at radius 3 is 1.68 bits per heavy atom. The van der Waals surface area contributed by atoms with Gasteiger partial charge < -0.3 is 5.32 Å². The number of hydrogen-bond donors (Lipinski definition) is 1. The highest BCUT2D eigenvalue weighted by atomic mass is 16.2. The Kier molecular flexibility index (Phi) is 7.57. The van der Waals surface area contributed by atoms with Crippen LogP contribution >= 0.6 is 0 Å². The van der Waals surface area contributed by atoms with Crippen molar-refractivity contribution in [1.29, 1.82) is 0 Å². The van der Waals surface area contributed by atoms with Gasteiger partial charge in [0, 0.05) is 22.7 Å². The number of hydrogen-bond acceptors (Lipinski definition) is 2. The van der Waals surface area contributed by atoms with Gasteiger partial charge in [0.05, 0.1) is 0 Å². The largest absolute Gasteiger partial charge is 0.356 e. The second-order valence-corrected chi connectivity index (χ2v) is 8.80. The Morgan fingerprint density at radius 2 is 1.05 bits per heavy atom. The summed E-state index contributed by atoms with van der Waals surface area (Å²) < 4.78 is 0. The van der Waals surface area contributed by atoms with Gasteiger partial charge in [-0.25, -0.2) is 0 Å². The predicted molar refractivity (Wildman–Crippen MR) is 161 cm³/mol. The fraction of sp³-hybridized carbons (Fsp3) is 0. The van der Waals surface area contributed by atoms with Crippen LogP contribution in [0.25, 0.3) is 21.5 Å². The van der Waals surface area contributed by atoms with Crippen LogP contribution in [0.1, 0.15) is 0 Å². The molecule has 0 aromatic heterocycles. The molecule has 0 saturated carbocycles. The fourth-order valence-electron chi connectivity index (χ4n) is 4.34. The van der Waals surface area contributed by atoms with Crippen LogP contribution in [0.3, 0.4) is 0 Å². The van der Waals surface area contributed by atoms with Crippen LogP contribution in [0.5, 0.6) is 0 Å². The average Bonchev–Trinajstić information content (AvgIpc) is 2.98. The number of nitrogens with one attached hydrogen (secondary N) is 1. The monoisotopic (exact) mass is 492 g/mol. The summed E-state index contributed by atoms with van der Waals surface area (Å²) in [6, 6.07) is 48.7. The number of rotatable bonds is 5. The molecular formula is C35H28N2O. The second kappa shape index (κ2) is 11.7. The minimum Gasteiger partial charge on any atom is -0.356 e. The molecule has 3 heteroatoms. The SMILES string of the molecule is C=CC(=O)N(c1ccccc1)c1ccc2ccccc2c1.c1ccc(Nc2ccc3ccccc3c2)cc1. The number of para-hydroxylation sites is 2.